The molecule has 0 saturated heterocycles. The molecule has 0 aliphatic heterocycles. The molecule has 6 heteroatoms. The van der Waals surface area contributed by atoms with E-state index in [1.54, 1.807) is 0 Å². The second-order valence-electron chi connectivity index (χ2n) is 4.57. The first-order valence-electron chi connectivity index (χ1n) is 6.57. The Balaban J connectivity index is 1.91. The number of benzene rings is 2. The van der Waals surface area contributed by atoms with Crippen LogP contribution >= 0.6 is 11.6 Å². The van der Waals surface area contributed by atoms with E-state index in [1.807, 2.05) is 55.6 Å². The zero-order chi connectivity index (χ0) is 14.7. The highest BCUT2D eigenvalue weighted by Gasteiger charge is 2.08. The molecule has 0 saturated carbocycles. The van der Waals surface area contributed by atoms with Gasteiger partial charge in [0.05, 0.1) is 5.69 Å². The normalized spacial score (nSPS) is 10.8. The summed E-state index contributed by atoms with van der Waals surface area (Å²) in [7, 11) is 1.88. The molecule has 3 rings (SSSR count). The molecule has 0 radical (unpaired) electrons. The van der Waals surface area contributed by atoms with Gasteiger partial charge >= 0.3 is 0 Å². The van der Waals surface area contributed by atoms with Gasteiger partial charge in [-0.25, -0.2) is 0 Å². The molecule has 0 aliphatic carbocycles. The van der Waals surface area contributed by atoms with Crippen LogP contribution in [0.2, 0.25) is 5.02 Å². The van der Waals surface area contributed by atoms with Gasteiger partial charge in [-0.2, -0.15) is 0 Å². The van der Waals surface area contributed by atoms with E-state index >= 15 is 0 Å². The zero-order valence-corrected chi connectivity index (χ0v) is 12.2. The number of tetrazole rings is 1. The minimum absolute atomic E-state index is 0.589. The van der Waals surface area contributed by atoms with Gasteiger partial charge in [-0.05, 0) is 30.0 Å². The Kier molecular flexibility index (Phi) is 3.94. The summed E-state index contributed by atoms with van der Waals surface area (Å²) in [6.07, 6.45) is 0. The molecule has 2 aromatic carbocycles. The average Bonchev–Trinajstić information content (AvgIpc) is 3.00. The van der Waals surface area contributed by atoms with Crippen LogP contribution in [0.1, 0.15) is 5.56 Å². The van der Waals surface area contributed by atoms with E-state index in [0.717, 1.165) is 23.4 Å². The third-order valence-corrected chi connectivity index (χ3v) is 3.43. The number of hydrogen-bond donors (Lipinski definition) is 1. The molecule has 0 atom stereocenters. The average molecular weight is 300 g/mol. The predicted molar refractivity (Wildman–Crippen MR) is 82.4 cm³/mol. The topological polar surface area (TPSA) is 55.6 Å². The third kappa shape index (κ3) is 2.94. The van der Waals surface area contributed by atoms with Gasteiger partial charge in [0.25, 0.3) is 0 Å². The molecule has 0 aliphatic rings. The third-order valence-electron chi connectivity index (χ3n) is 3.08. The number of rotatable bonds is 4. The zero-order valence-electron chi connectivity index (χ0n) is 11.5. The first-order chi connectivity index (χ1) is 10.3. The maximum atomic E-state index is 6.25. The van der Waals surface area contributed by atoms with Crippen molar-refractivity contribution in [3.05, 3.63) is 59.1 Å². The Labute approximate surface area is 127 Å². The summed E-state index contributed by atoms with van der Waals surface area (Å²) in [5, 5.41) is 16.3. The molecule has 3 aromatic rings. The lowest BCUT2D eigenvalue weighted by molar-refractivity contribution is 0.719. The molecule has 0 unspecified atom stereocenters. The summed E-state index contributed by atoms with van der Waals surface area (Å²) in [6, 6.07) is 15.5. The van der Waals surface area contributed by atoms with Crippen LogP contribution in [-0.2, 0) is 6.54 Å². The molecule has 106 valence electrons. The van der Waals surface area contributed by atoms with Crippen molar-refractivity contribution in [2.24, 2.45) is 0 Å². The summed E-state index contributed by atoms with van der Waals surface area (Å²) in [6.45, 7) is 0.721. The van der Waals surface area contributed by atoms with Crippen LogP contribution < -0.4 is 5.32 Å². The highest BCUT2D eigenvalue weighted by Crippen LogP contribution is 2.20. The van der Waals surface area contributed by atoms with Crippen molar-refractivity contribution in [1.82, 2.24) is 25.5 Å². The van der Waals surface area contributed by atoms with Crippen molar-refractivity contribution in [3.63, 3.8) is 0 Å². The second kappa shape index (κ2) is 6.03. The van der Waals surface area contributed by atoms with Crippen molar-refractivity contribution < 1.29 is 0 Å². The van der Waals surface area contributed by atoms with E-state index < -0.39 is 0 Å². The first-order valence-corrected chi connectivity index (χ1v) is 6.94. The standard InChI is InChI=1S/C15H14ClN5/c1-17-10-12-7-8-13(9-14(12)16)21-19-15(18-20-21)11-5-3-2-4-6-11/h2-9,17H,10H2,1H3. The fourth-order valence-electron chi connectivity index (χ4n) is 2.02. The molecule has 0 amide bonds. The second-order valence-corrected chi connectivity index (χ2v) is 4.98. The van der Waals surface area contributed by atoms with Crippen molar-refractivity contribution in [1.29, 1.82) is 0 Å². The molecule has 5 nitrogen and oxygen atoms in total. The van der Waals surface area contributed by atoms with Gasteiger partial charge in [-0.3, -0.25) is 0 Å². The molecular weight excluding hydrogens is 286 g/mol. The van der Waals surface area contributed by atoms with Gasteiger partial charge in [-0.15, -0.1) is 15.0 Å². The predicted octanol–water partition coefficient (Wildman–Crippen LogP) is 2.70. The number of nitrogens with zero attached hydrogens (tertiary/aromatic N) is 4. The van der Waals surface area contributed by atoms with Crippen LogP contribution in [0.25, 0.3) is 17.1 Å². The van der Waals surface area contributed by atoms with Crippen molar-refractivity contribution in [3.8, 4) is 17.1 Å². The van der Waals surface area contributed by atoms with E-state index in [9.17, 15) is 0 Å². The Morgan fingerprint density at radius 2 is 1.95 bits per heavy atom. The van der Waals surface area contributed by atoms with E-state index in [0.29, 0.717) is 10.8 Å². The van der Waals surface area contributed by atoms with Crippen LogP contribution in [0.5, 0.6) is 0 Å². The summed E-state index contributed by atoms with van der Waals surface area (Å²) < 4.78 is 0. The minimum atomic E-state index is 0.589. The van der Waals surface area contributed by atoms with Gasteiger partial charge < -0.3 is 5.32 Å². The largest absolute Gasteiger partial charge is 0.316 e. The van der Waals surface area contributed by atoms with E-state index in [1.165, 1.54) is 4.80 Å². The monoisotopic (exact) mass is 299 g/mol. The Bertz CT molecular complexity index is 739. The van der Waals surface area contributed by atoms with E-state index in [4.69, 9.17) is 11.6 Å². The SMILES string of the molecule is CNCc1ccc(-n2nnc(-c3ccccc3)n2)cc1Cl. The smallest absolute Gasteiger partial charge is 0.205 e. The lowest BCUT2D eigenvalue weighted by atomic mass is 10.2. The number of aromatic nitrogens is 4. The van der Waals surface area contributed by atoms with Gasteiger partial charge in [-0.1, -0.05) is 48.0 Å². The highest BCUT2D eigenvalue weighted by molar-refractivity contribution is 6.31. The van der Waals surface area contributed by atoms with Crippen molar-refractivity contribution in [2.45, 2.75) is 6.54 Å². The Hall–Kier alpha value is -2.24. The molecule has 1 N–H and O–H groups in total. The van der Waals surface area contributed by atoms with E-state index in [-0.39, 0.29) is 0 Å². The number of hydrogen-bond acceptors (Lipinski definition) is 4. The number of nitrogens with one attached hydrogen (secondary N) is 1. The number of halogens is 1. The molecule has 0 spiro atoms. The maximum absolute atomic E-state index is 6.25. The highest BCUT2D eigenvalue weighted by atomic mass is 35.5. The van der Waals surface area contributed by atoms with Crippen LogP contribution in [0.3, 0.4) is 0 Å². The minimum Gasteiger partial charge on any atom is -0.316 e. The molecule has 0 bridgehead atoms. The Morgan fingerprint density at radius 1 is 1.14 bits per heavy atom. The van der Waals surface area contributed by atoms with E-state index in [2.05, 4.69) is 20.7 Å². The molecule has 21 heavy (non-hydrogen) atoms. The fraction of sp³-hybridized carbons (Fsp3) is 0.133. The quantitative estimate of drug-likeness (QED) is 0.805. The van der Waals surface area contributed by atoms with Crippen LogP contribution in [-0.4, -0.2) is 27.3 Å². The van der Waals surface area contributed by atoms with Crippen LogP contribution in [0, 0.1) is 0 Å². The summed E-state index contributed by atoms with van der Waals surface area (Å²) in [5.41, 5.74) is 2.75. The van der Waals surface area contributed by atoms with Crippen molar-refractivity contribution in [2.75, 3.05) is 7.05 Å². The van der Waals surface area contributed by atoms with Gasteiger partial charge in [0.15, 0.2) is 0 Å². The fourth-order valence-corrected chi connectivity index (χ4v) is 2.26. The molecule has 1 heterocycles. The lowest BCUT2D eigenvalue weighted by Gasteiger charge is -2.05. The van der Waals surface area contributed by atoms with Crippen LogP contribution in [0.4, 0.5) is 0 Å². The summed E-state index contributed by atoms with van der Waals surface area (Å²) in [5.74, 6) is 0.589. The van der Waals surface area contributed by atoms with Gasteiger partial charge in [0.2, 0.25) is 5.82 Å². The molecular formula is C15H14ClN5. The van der Waals surface area contributed by atoms with Gasteiger partial charge in [0.1, 0.15) is 0 Å². The van der Waals surface area contributed by atoms with Crippen molar-refractivity contribution >= 4 is 11.6 Å². The lowest BCUT2D eigenvalue weighted by Crippen LogP contribution is -2.06. The first kappa shape index (κ1) is 13.7. The maximum Gasteiger partial charge on any atom is 0.205 e. The summed E-state index contributed by atoms with van der Waals surface area (Å²) in [4.78, 5) is 1.48. The Morgan fingerprint density at radius 3 is 2.67 bits per heavy atom. The van der Waals surface area contributed by atoms with Crippen LogP contribution in [0.15, 0.2) is 48.5 Å². The summed E-state index contributed by atoms with van der Waals surface area (Å²) >= 11 is 6.25. The molecule has 0 fully saturated rings. The van der Waals surface area contributed by atoms with Gasteiger partial charge in [0, 0.05) is 17.1 Å². The molecule has 1 aromatic heterocycles.